The number of hydrogen-bond donors (Lipinski definition) is 0. The normalized spacial score (nSPS) is 17.1. The van der Waals surface area contributed by atoms with Crippen molar-refractivity contribution in [3.05, 3.63) is 51.5 Å². The minimum Gasteiger partial charge on any atom is -0.334 e. The Balaban J connectivity index is 1.61. The minimum absolute atomic E-state index is 0.182. The molecule has 0 radical (unpaired) electrons. The van der Waals surface area contributed by atoms with Crippen molar-refractivity contribution >= 4 is 28.3 Å². The third-order valence-electron chi connectivity index (χ3n) is 5.34. The fraction of sp³-hybridized carbons (Fsp3) is 0.400. The van der Waals surface area contributed by atoms with Gasteiger partial charge in [0.05, 0.1) is 23.4 Å². The highest BCUT2D eigenvalue weighted by atomic mass is 32.1. The van der Waals surface area contributed by atoms with E-state index >= 15 is 0 Å². The molecule has 0 bridgehead atoms. The fourth-order valence-electron chi connectivity index (χ4n) is 3.81. The number of carbonyl (C=O) groups excluding carboxylic acids is 1. The van der Waals surface area contributed by atoms with Crippen LogP contribution in [0.3, 0.4) is 0 Å². The van der Waals surface area contributed by atoms with Gasteiger partial charge in [0, 0.05) is 11.4 Å². The first-order valence-electron chi connectivity index (χ1n) is 8.86. The fourth-order valence-corrected chi connectivity index (χ4v) is 4.74. The molecule has 1 atom stereocenters. The van der Waals surface area contributed by atoms with Crippen molar-refractivity contribution in [1.82, 2.24) is 14.5 Å². The number of benzene rings is 1. The number of thiophene rings is 1. The average molecular weight is 353 g/mol. The van der Waals surface area contributed by atoms with Gasteiger partial charge in [-0.15, -0.1) is 11.3 Å². The maximum atomic E-state index is 13.0. The van der Waals surface area contributed by atoms with E-state index in [-0.39, 0.29) is 11.9 Å². The number of carbonyl (C=O) groups is 1. The molecule has 3 heterocycles. The first kappa shape index (κ1) is 16.3. The van der Waals surface area contributed by atoms with Crippen LogP contribution in [-0.4, -0.2) is 26.9 Å². The lowest BCUT2D eigenvalue weighted by molar-refractivity contribution is -0.134. The van der Waals surface area contributed by atoms with Gasteiger partial charge in [0.25, 0.3) is 0 Å². The van der Waals surface area contributed by atoms with E-state index in [9.17, 15) is 4.79 Å². The molecule has 0 spiro atoms. The summed E-state index contributed by atoms with van der Waals surface area (Å²) < 4.78 is 1.99. The molecule has 1 aliphatic rings. The molecule has 5 heteroatoms. The van der Waals surface area contributed by atoms with Crippen LogP contribution < -0.4 is 0 Å². The van der Waals surface area contributed by atoms with Gasteiger partial charge in [-0.3, -0.25) is 4.79 Å². The Hall–Kier alpha value is -2.14. The number of imidazole rings is 1. The Bertz CT molecular complexity index is 940. The molecule has 1 aliphatic heterocycles. The number of amides is 1. The van der Waals surface area contributed by atoms with Crippen LogP contribution >= 0.6 is 11.3 Å². The Labute approximate surface area is 152 Å². The third-order valence-corrected chi connectivity index (χ3v) is 6.34. The van der Waals surface area contributed by atoms with Crippen molar-refractivity contribution in [3.8, 4) is 0 Å². The molecular formula is C20H23N3OS. The average Bonchev–Trinajstić information content (AvgIpc) is 3.22. The maximum Gasteiger partial charge on any atom is 0.243 e. The van der Waals surface area contributed by atoms with Crippen molar-refractivity contribution < 1.29 is 4.79 Å². The monoisotopic (exact) mass is 353 g/mol. The zero-order valence-electron chi connectivity index (χ0n) is 15.0. The zero-order chi connectivity index (χ0) is 17.6. The molecule has 1 aromatic carbocycles. The second kappa shape index (κ2) is 6.30. The van der Waals surface area contributed by atoms with E-state index in [0.29, 0.717) is 6.54 Å². The van der Waals surface area contributed by atoms with Crippen LogP contribution in [0.4, 0.5) is 0 Å². The van der Waals surface area contributed by atoms with Crippen molar-refractivity contribution in [2.45, 2.75) is 46.2 Å². The van der Waals surface area contributed by atoms with Crippen LogP contribution in [0.1, 0.15) is 41.0 Å². The summed E-state index contributed by atoms with van der Waals surface area (Å²) in [6.45, 7) is 7.53. The Morgan fingerprint density at radius 2 is 2.12 bits per heavy atom. The summed E-state index contributed by atoms with van der Waals surface area (Å²) in [5, 5.41) is 2.15. The Morgan fingerprint density at radius 1 is 1.32 bits per heavy atom. The zero-order valence-corrected chi connectivity index (χ0v) is 15.8. The van der Waals surface area contributed by atoms with Crippen molar-refractivity contribution in [1.29, 1.82) is 0 Å². The van der Waals surface area contributed by atoms with Gasteiger partial charge in [0.15, 0.2) is 0 Å². The van der Waals surface area contributed by atoms with Crippen LogP contribution in [-0.2, 0) is 17.8 Å². The third kappa shape index (κ3) is 2.76. The van der Waals surface area contributed by atoms with E-state index in [1.165, 1.54) is 21.6 Å². The molecule has 4 rings (SSSR count). The largest absolute Gasteiger partial charge is 0.334 e. The smallest absolute Gasteiger partial charge is 0.243 e. The number of aromatic nitrogens is 2. The lowest BCUT2D eigenvalue weighted by Crippen LogP contribution is -2.41. The molecule has 25 heavy (non-hydrogen) atoms. The van der Waals surface area contributed by atoms with Crippen LogP contribution in [0.2, 0.25) is 0 Å². The summed E-state index contributed by atoms with van der Waals surface area (Å²) in [5.41, 5.74) is 5.80. The van der Waals surface area contributed by atoms with Crippen LogP contribution in [0.25, 0.3) is 11.0 Å². The van der Waals surface area contributed by atoms with Gasteiger partial charge in [-0.25, -0.2) is 4.98 Å². The number of aryl methyl sites for hydroxylation is 2. The van der Waals surface area contributed by atoms with E-state index in [4.69, 9.17) is 0 Å². The second-order valence-electron chi connectivity index (χ2n) is 6.86. The number of nitrogens with zero attached hydrogens (tertiary/aromatic N) is 3. The number of rotatable bonds is 3. The highest BCUT2D eigenvalue weighted by Crippen LogP contribution is 2.35. The van der Waals surface area contributed by atoms with Crippen LogP contribution in [0.15, 0.2) is 29.9 Å². The van der Waals surface area contributed by atoms with Crippen molar-refractivity contribution in [3.63, 3.8) is 0 Å². The second-order valence-corrected chi connectivity index (χ2v) is 7.86. The molecule has 130 valence electrons. The predicted octanol–water partition coefficient (Wildman–Crippen LogP) is 4.25. The maximum absolute atomic E-state index is 13.0. The van der Waals surface area contributed by atoms with Crippen LogP contribution in [0.5, 0.6) is 0 Å². The van der Waals surface area contributed by atoms with Gasteiger partial charge in [-0.2, -0.15) is 0 Å². The summed E-state index contributed by atoms with van der Waals surface area (Å²) >= 11 is 1.82. The Kier molecular flexibility index (Phi) is 4.12. The van der Waals surface area contributed by atoms with Gasteiger partial charge in [-0.1, -0.05) is 6.92 Å². The molecular weight excluding hydrogens is 330 g/mol. The molecule has 0 fully saturated rings. The first-order chi connectivity index (χ1) is 12.1. The summed E-state index contributed by atoms with van der Waals surface area (Å²) in [5.74, 6) is 0.182. The molecule has 2 aromatic heterocycles. The highest BCUT2D eigenvalue weighted by Gasteiger charge is 2.30. The molecule has 4 nitrogen and oxygen atoms in total. The standard InChI is InChI=1S/C20H23N3OS/c1-4-17-15-6-8-25-19(15)5-7-23(17)20(24)11-22-12-21-16-9-13(2)14(3)10-18(16)22/h6,8-10,12,17H,4-5,7,11H2,1-3H3. The lowest BCUT2D eigenvalue weighted by atomic mass is 9.98. The van der Waals surface area contributed by atoms with Crippen molar-refractivity contribution in [2.75, 3.05) is 6.54 Å². The van der Waals surface area contributed by atoms with Gasteiger partial charge in [0.1, 0.15) is 6.54 Å². The molecule has 0 saturated carbocycles. The van der Waals surface area contributed by atoms with Crippen LogP contribution in [0, 0.1) is 13.8 Å². The van der Waals surface area contributed by atoms with E-state index in [1.807, 2.05) is 15.9 Å². The SMILES string of the molecule is CCC1c2ccsc2CCN1C(=O)Cn1cnc2cc(C)c(C)cc21. The highest BCUT2D eigenvalue weighted by molar-refractivity contribution is 7.10. The topological polar surface area (TPSA) is 38.1 Å². The van der Waals surface area contributed by atoms with E-state index in [0.717, 1.165) is 30.4 Å². The van der Waals surface area contributed by atoms with Gasteiger partial charge >= 0.3 is 0 Å². The lowest BCUT2D eigenvalue weighted by Gasteiger charge is -2.35. The molecule has 0 saturated heterocycles. The number of fused-ring (bicyclic) bond motifs is 2. The van der Waals surface area contributed by atoms with E-state index in [1.54, 1.807) is 6.33 Å². The minimum atomic E-state index is 0.182. The molecule has 1 unspecified atom stereocenters. The molecule has 0 N–H and O–H groups in total. The summed E-state index contributed by atoms with van der Waals surface area (Å²) in [6.07, 6.45) is 3.72. The summed E-state index contributed by atoms with van der Waals surface area (Å²) in [7, 11) is 0. The summed E-state index contributed by atoms with van der Waals surface area (Å²) in [6, 6.07) is 6.63. The van der Waals surface area contributed by atoms with Gasteiger partial charge in [0.2, 0.25) is 5.91 Å². The molecule has 3 aromatic rings. The first-order valence-corrected chi connectivity index (χ1v) is 9.74. The quantitative estimate of drug-likeness (QED) is 0.706. The van der Waals surface area contributed by atoms with Gasteiger partial charge < -0.3 is 9.47 Å². The van der Waals surface area contributed by atoms with E-state index in [2.05, 4.69) is 54.2 Å². The molecule has 0 aliphatic carbocycles. The predicted molar refractivity (Wildman–Crippen MR) is 102 cm³/mol. The number of hydrogen-bond acceptors (Lipinski definition) is 3. The van der Waals surface area contributed by atoms with Gasteiger partial charge in [-0.05, 0) is 67.0 Å². The summed E-state index contributed by atoms with van der Waals surface area (Å²) in [4.78, 5) is 21.0. The van der Waals surface area contributed by atoms with Crippen molar-refractivity contribution in [2.24, 2.45) is 0 Å². The molecule has 1 amide bonds. The van der Waals surface area contributed by atoms with E-state index < -0.39 is 0 Å². The Morgan fingerprint density at radius 3 is 2.92 bits per heavy atom.